The lowest BCUT2D eigenvalue weighted by Crippen LogP contribution is -2.50. The molecule has 0 aromatic heterocycles. The monoisotopic (exact) mass is 767 g/mol. The van der Waals surface area contributed by atoms with Crippen LogP contribution in [0.4, 0.5) is 21.0 Å². The van der Waals surface area contributed by atoms with Gasteiger partial charge in [0.25, 0.3) is 0 Å². The number of nitrogens with one attached hydrogen (secondary N) is 6. The van der Waals surface area contributed by atoms with Gasteiger partial charge in [-0.05, 0) is 80.1 Å². The van der Waals surface area contributed by atoms with Gasteiger partial charge in [0.1, 0.15) is 17.9 Å². The maximum Gasteiger partial charge on any atom is 0.319 e. The summed E-state index contributed by atoms with van der Waals surface area (Å²) in [5.41, 5.74) is 6.23. The number of urea groups is 2. The van der Waals surface area contributed by atoms with Gasteiger partial charge in [-0.25, -0.2) is 9.59 Å². The summed E-state index contributed by atoms with van der Waals surface area (Å²) in [5.74, 6) is -1.17. The molecule has 1 unspecified atom stereocenters. The second-order valence-corrected chi connectivity index (χ2v) is 13.0. The van der Waals surface area contributed by atoms with Crippen LogP contribution < -0.4 is 37.6 Å². The number of amides is 7. The fourth-order valence-corrected chi connectivity index (χ4v) is 4.28. The lowest BCUT2D eigenvalue weighted by Gasteiger charge is -2.20. The number of primary amides is 1. The van der Waals surface area contributed by atoms with E-state index in [2.05, 4.69) is 63.8 Å². The molecule has 0 spiro atoms. The molecular weight excluding hydrogens is 726 g/mol. The molecule has 0 radical (unpaired) electrons. The van der Waals surface area contributed by atoms with Crippen molar-refractivity contribution in [3.05, 3.63) is 57.5 Å². The number of hydrogen-bond acceptors (Lipinski definition) is 6. The highest BCUT2D eigenvalue weighted by atomic mass is 79.9. The maximum absolute atomic E-state index is 12.1. The molecule has 2 aromatic carbocycles. The van der Waals surface area contributed by atoms with Gasteiger partial charge in [-0.15, -0.1) is 0 Å². The Hall–Kier alpha value is -3.98. The minimum Gasteiger partial charge on any atom is -0.368 e. The van der Waals surface area contributed by atoms with Crippen LogP contribution in [0.15, 0.2) is 57.5 Å². The summed E-state index contributed by atoms with van der Waals surface area (Å²) in [7, 11) is 0. The van der Waals surface area contributed by atoms with Crippen LogP contribution in [0.25, 0.3) is 0 Å². The highest BCUT2D eigenvalue weighted by molar-refractivity contribution is 9.10. The normalized spacial score (nSPS) is 11.7. The average molecular weight is 770 g/mol. The summed E-state index contributed by atoms with van der Waals surface area (Å²) in [6, 6.07) is 11.8. The third kappa shape index (κ3) is 18.1. The Balaban J connectivity index is 0.000000460. The predicted octanol–water partition coefficient (Wildman–Crippen LogP) is 4.28. The molecule has 0 heterocycles. The molecule has 13 nitrogen and oxygen atoms in total. The van der Waals surface area contributed by atoms with Crippen molar-refractivity contribution < 1.29 is 28.8 Å². The molecule has 7 amide bonds. The first-order valence-corrected chi connectivity index (χ1v) is 16.1. The van der Waals surface area contributed by atoms with Gasteiger partial charge in [-0.1, -0.05) is 59.6 Å². The molecule has 8 N–H and O–H groups in total. The Morgan fingerprint density at radius 3 is 1.28 bits per heavy atom. The number of carbonyl (C=O) groups excluding carboxylic acids is 6. The van der Waals surface area contributed by atoms with Crippen LogP contribution in [0.2, 0.25) is 0 Å². The Morgan fingerprint density at radius 1 is 0.630 bits per heavy atom. The van der Waals surface area contributed by atoms with Crippen LogP contribution in [0.3, 0.4) is 0 Å². The summed E-state index contributed by atoms with van der Waals surface area (Å²) >= 11 is 6.63. The minimum atomic E-state index is -0.746. The summed E-state index contributed by atoms with van der Waals surface area (Å²) in [4.78, 5) is 69.9. The van der Waals surface area contributed by atoms with E-state index in [9.17, 15) is 28.8 Å². The highest BCUT2D eigenvalue weighted by Crippen LogP contribution is 2.15. The number of Topliss-reactive ketones (excluding diaryl/α,β-unsaturated/α-hetero) is 1. The predicted molar refractivity (Wildman–Crippen MR) is 185 cm³/mol. The van der Waals surface area contributed by atoms with Gasteiger partial charge in [-0.2, -0.15) is 0 Å². The van der Waals surface area contributed by atoms with Crippen LogP contribution in [0.1, 0.15) is 47.5 Å². The number of ketones is 1. The quantitative estimate of drug-likeness (QED) is 0.150. The third-order valence-electron chi connectivity index (χ3n) is 5.81. The standard InChI is InChI=1S/C16H22BrN3O3.C15H21BrN4O3/c1-10(2)8-14(15(22)18-9-11(3)21)20-16(23)19-13-6-4-12(17)5-7-13;1-9(2)7-12(14(22)18-8-13(17)21)20-15(23)19-11-5-3-10(16)4-6-11/h4-7,10,14H,8-9H2,1-3H3,(H,18,22)(H2,19,20,23);3-6,9,12H,7-8H2,1-2H3,(H2,17,21)(H,18,22)(H2,19,20,23)/t14-;/m0./s1. The van der Waals surface area contributed by atoms with Gasteiger partial charge in [0, 0.05) is 20.3 Å². The SMILES string of the molecule is CC(=O)CNC(=O)[C@H](CC(C)C)NC(=O)Nc1ccc(Br)cc1.CC(C)CC(NC(=O)Nc1ccc(Br)cc1)C(=O)NCC(N)=O. The van der Waals surface area contributed by atoms with Crippen molar-refractivity contribution in [2.24, 2.45) is 17.6 Å². The van der Waals surface area contributed by atoms with E-state index in [1.54, 1.807) is 48.5 Å². The number of halogens is 2. The Labute approximate surface area is 286 Å². The molecule has 46 heavy (non-hydrogen) atoms. The van der Waals surface area contributed by atoms with Gasteiger partial charge >= 0.3 is 12.1 Å². The van der Waals surface area contributed by atoms with Crippen LogP contribution in [0.5, 0.6) is 0 Å². The van der Waals surface area contributed by atoms with Gasteiger partial charge in [0.15, 0.2) is 0 Å². The molecular formula is C31H43Br2N7O6. The lowest BCUT2D eigenvalue weighted by molar-refractivity contribution is -0.126. The molecule has 0 aliphatic heterocycles. The van der Waals surface area contributed by atoms with E-state index in [1.165, 1.54) is 6.92 Å². The van der Waals surface area contributed by atoms with E-state index in [0.29, 0.717) is 24.2 Å². The molecule has 2 rings (SSSR count). The van der Waals surface area contributed by atoms with E-state index in [1.807, 2.05) is 27.7 Å². The molecule has 2 atom stereocenters. The lowest BCUT2D eigenvalue weighted by atomic mass is 10.0. The fourth-order valence-electron chi connectivity index (χ4n) is 3.76. The van der Waals surface area contributed by atoms with Crippen molar-refractivity contribution in [3.63, 3.8) is 0 Å². The molecule has 0 saturated carbocycles. The fraction of sp³-hybridized carbons (Fsp3) is 0.419. The van der Waals surface area contributed by atoms with Crippen molar-refractivity contribution in [2.45, 2.75) is 59.5 Å². The molecule has 252 valence electrons. The number of rotatable bonds is 14. The summed E-state index contributed by atoms with van der Waals surface area (Å²) in [6.07, 6.45) is 0.926. The number of benzene rings is 2. The van der Waals surface area contributed by atoms with Crippen molar-refractivity contribution >= 4 is 78.8 Å². The highest BCUT2D eigenvalue weighted by Gasteiger charge is 2.23. The molecule has 0 aliphatic carbocycles. The average Bonchev–Trinajstić information content (AvgIpc) is 2.96. The van der Waals surface area contributed by atoms with Gasteiger partial charge < -0.3 is 37.6 Å². The number of carbonyl (C=O) groups is 6. The minimum absolute atomic E-state index is 0.0383. The molecule has 0 bridgehead atoms. The van der Waals surface area contributed by atoms with Gasteiger partial charge in [0.2, 0.25) is 17.7 Å². The van der Waals surface area contributed by atoms with Crippen LogP contribution in [-0.2, 0) is 19.2 Å². The first-order valence-electron chi connectivity index (χ1n) is 14.5. The van der Waals surface area contributed by atoms with E-state index in [-0.39, 0.29) is 36.6 Å². The molecule has 0 fully saturated rings. The van der Waals surface area contributed by atoms with Crippen molar-refractivity contribution in [1.29, 1.82) is 0 Å². The van der Waals surface area contributed by atoms with E-state index in [4.69, 9.17) is 5.73 Å². The van der Waals surface area contributed by atoms with Gasteiger partial charge in [-0.3, -0.25) is 19.2 Å². The molecule has 0 saturated heterocycles. The van der Waals surface area contributed by atoms with E-state index >= 15 is 0 Å². The molecule has 2 aromatic rings. The Morgan fingerprint density at radius 2 is 0.978 bits per heavy atom. The van der Waals surface area contributed by atoms with Crippen molar-refractivity contribution in [1.82, 2.24) is 21.3 Å². The summed E-state index contributed by atoms with van der Waals surface area (Å²) < 4.78 is 1.80. The second-order valence-electron chi connectivity index (χ2n) is 11.2. The third-order valence-corrected chi connectivity index (χ3v) is 6.87. The first kappa shape index (κ1) is 40.0. The van der Waals surface area contributed by atoms with Crippen LogP contribution in [-0.4, -0.2) is 60.7 Å². The van der Waals surface area contributed by atoms with Crippen molar-refractivity contribution in [2.75, 3.05) is 23.7 Å². The maximum atomic E-state index is 12.1. The van der Waals surface area contributed by atoms with Crippen molar-refractivity contribution in [3.8, 4) is 0 Å². The zero-order valence-electron chi connectivity index (χ0n) is 26.5. The number of hydrogen-bond donors (Lipinski definition) is 7. The van der Waals surface area contributed by atoms with E-state index < -0.39 is 36.0 Å². The Bertz CT molecular complexity index is 1220. The number of anilines is 2. The summed E-state index contributed by atoms with van der Waals surface area (Å²) in [5, 5.41) is 15.5. The largest absolute Gasteiger partial charge is 0.368 e. The summed E-state index contributed by atoms with van der Waals surface area (Å²) in [6.45, 7) is 8.88. The molecule has 0 aliphatic rings. The van der Waals surface area contributed by atoms with E-state index in [0.717, 1.165) is 8.95 Å². The second kappa shape index (κ2) is 20.9. The smallest absolute Gasteiger partial charge is 0.319 e. The van der Waals surface area contributed by atoms with Crippen LogP contribution in [0, 0.1) is 11.8 Å². The zero-order valence-corrected chi connectivity index (χ0v) is 29.7. The van der Waals surface area contributed by atoms with Crippen LogP contribution >= 0.6 is 31.9 Å². The first-order chi connectivity index (χ1) is 21.5. The van der Waals surface area contributed by atoms with Gasteiger partial charge in [0.05, 0.1) is 13.1 Å². The zero-order chi connectivity index (χ0) is 34.8. The topological polar surface area (TPSA) is 201 Å². The number of nitrogens with two attached hydrogens (primary N) is 1. The Kier molecular flexibility index (Phi) is 18.2. The molecule has 15 heteroatoms.